The summed E-state index contributed by atoms with van der Waals surface area (Å²) in [4.78, 5) is 1.03. The minimum atomic E-state index is 1.03. The van der Waals surface area contributed by atoms with Crippen LogP contribution in [0.15, 0.2) is 29.2 Å². The van der Waals surface area contributed by atoms with Crippen LogP contribution in [0.3, 0.4) is 0 Å². The molecular weight excluding hydrogens is 183 g/mol. The topological polar surface area (TPSA) is 0 Å². The first-order valence-corrected chi connectivity index (χ1v) is 3.66. The van der Waals surface area contributed by atoms with E-state index in [2.05, 4.69) is 28.6 Å². The zero-order valence-corrected chi connectivity index (χ0v) is 6.97. The van der Waals surface area contributed by atoms with E-state index in [1.54, 1.807) is 0 Å². The Morgan fingerprint density at radius 3 is 2.25 bits per heavy atom. The Morgan fingerprint density at radius 1 is 1.25 bits per heavy atom. The maximum absolute atomic E-state index is 4.18. The van der Waals surface area contributed by atoms with E-state index in [-0.39, 0.29) is 0 Å². The zero-order chi connectivity index (χ0) is 5.98. The molecule has 0 saturated heterocycles. The second-order valence-electron chi connectivity index (χ2n) is 1.49. The van der Waals surface area contributed by atoms with Crippen LogP contribution in [-0.2, 0) is 0 Å². The van der Waals surface area contributed by atoms with Gasteiger partial charge in [0.25, 0.3) is 0 Å². The Bertz CT molecular complexity index is 165. The summed E-state index contributed by atoms with van der Waals surface area (Å²) < 4.78 is 1.17. The molecule has 0 aliphatic heterocycles. The number of benzene rings is 1. The van der Waals surface area contributed by atoms with Gasteiger partial charge in [0, 0.05) is 0 Å². The van der Waals surface area contributed by atoms with Crippen LogP contribution in [0.2, 0.25) is 0 Å². The summed E-state index contributed by atoms with van der Waals surface area (Å²) in [6.07, 6.45) is 0. The van der Waals surface area contributed by atoms with Gasteiger partial charge < -0.3 is 0 Å². The quantitative estimate of drug-likeness (QED) is 0.446. The van der Waals surface area contributed by atoms with Crippen LogP contribution in [-0.4, -0.2) is 16.0 Å². The van der Waals surface area contributed by atoms with Crippen molar-refractivity contribution in [3.05, 3.63) is 24.3 Å². The van der Waals surface area contributed by atoms with Gasteiger partial charge in [-0.3, -0.25) is 0 Å². The van der Waals surface area contributed by atoms with Gasteiger partial charge >= 0.3 is 62.3 Å². The SMILES string of the molecule is Sc1ccccc1[SeH]. The van der Waals surface area contributed by atoms with Crippen LogP contribution in [0.25, 0.3) is 0 Å². The molecule has 42 valence electrons. The third kappa shape index (κ3) is 1.28. The van der Waals surface area contributed by atoms with Crippen molar-refractivity contribution in [3.8, 4) is 0 Å². The predicted octanol–water partition coefficient (Wildman–Crippen LogP) is 0.501. The molecule has 0 atom stereocenters. The maximum atomic E-state index is 4.18. The Kier molecular flexibility index (Phi) is 2.01. The molecule has 1 aromatic rings. The molecule has 0 aliphatic rings. The molecule has 1 aromatic carbocycles. The first kappa shape index (κ1) is 6.21. The Balaban J connectivity index is 3.13. The van der Waals surface area contributed by atoms with Crippen LogP contribution in [0.5, 0.6) is 0 Å². The summed E-state index contributed by atoms with van der Waals surface area (Å²) in [7, 11) is 0. The first-order valence-electron chi connectivity index (χ1n) is 2.27. The summed E-state index contributed by atoms with van der Waals surface area (Å²) in [6.45, 7) is 0. The number of hydrogen-bond acceptors (Lipinski definition) is 1. The third-order valence-electron chi connectivity index (χ3n) is 0.882. The number of thiol groups is 1. The predicted molar refractivity (Wildman–Crippen MR) is 40.5 cm³/mol. The fraction of sp³-hybridized carbons (Fsp3) is 0. The van der Waals surface area contributed by atoms with Gasteiger partial charge in [0.2, 0.25) is 0 Å². The molecule has 0 heterocycles. The van der Waals surface area contributed by atoms with Crippen molar-refractivity contribution in [1.82, 2.24) is 0 Å². The molecule has 2 heteroatoms. The number of rotatable bonds is 0. The second-order valence-corrected chi connectivity index (χ2v) is 2.98. The molecule has 1 rings (SSSR count). The average molecular weight is 189 g/mol. The molecule has 0 bridgehead atoms. The molecule has 0 N–H and O–H groups in total. The third-order valence-corrected chi connectivity index (χ3v) is 2.47. The summed E-state index contributed by atoms with van der Waals surface area (Å²) in [5.41, 5.74) is 0. The normalized spacial score (nSPS) is 9.25. The Morgan fingerprint density at radius 2 is 1.88 bits per heavy atom. The fourth-order valence-electron chi connectivity index (χ4n) is 0.464. The summed E-state index contributed by atoms with van der Waals surface area (Å²) in [5, 5.41) is 0. The zero-order valence-electron chi connectivity index (χ0n) is 4.20. The first-order chi connectivity index (χ1) is 3.80. The Labute approximate surface area is 62.5 Å². The van der Waals surface area contributed by atoms with Gasteiger partial charge in [-0.25, -0.2) is 0 Å². The van der Waals surface area contributed by atoms with E-state index < -0.39 is 0 Å². The van der Waals surface area contributed by atoms with Crippen LogP contribution in [0, 0.1) is 0 Å². The molecule has 0 aliphatic carbocycles. The van der Waals surface area contributed by atoms with E-state index in [4.69, 9.17) is 0 Å². The monoisotopic (exact) mass is 190 g/mol. The molecule has 0 saturated carbocycles. The van der Waals surface area contributed by atoms with Gasteiger partial charge in [-0.2, -0.15) is 0 Å². The molecule has 0 fully saturated rings. The van der Waals surface area contributed by atoms with Gasteiger partial charge in [-0.15, -0.1) is 0 Å². The molecule has 0 aromatic heterocycles. The van der Waals surface area contributed by atoms with Gasteiger partial charge in [0.15, 0.2) is 0 Å². The van der Waals surface area contributed by atoms with Crippen LogP contribution in [0.1, 0.15) is 0 Å². The minimum absolute atomic E-state index is 1.03. The van der Waals surface area contributed by atoms with Crippen molar-refractivity contribution < 1.29 is 0 Å². The van der Waals surface area contributed by atoms with Gasteiger partial charge in [0.05, 0.1) is 0 Å². The van der Waals surface area contributed by atoms with E-state index in [1.165, 1.54) is 4.46 Å². The van der Waals surface area contributed by atoms with Crippen LogP contribution < -0.4 is 4.46 Å². The Hall–Kier alpha value is 0.0895. The van der Waals surface area contributed by atoms with Crippen LogP contribution in [0.4, 0.5) is 0 Å². The van der Waals surface area contributed by atoms with Crippen molar-refractivity contribution in [2.24, 2.45) is 0 Å². The van der Waals surface area contributed by atoms with Crippen molar-refractivity contribution in [2.75, 3.05) is 0 Å². The van der Waals surface area contributed by atoms with Crippen LogP contribution >= 0.6 is 12.6 Å². The summed E-state index contributed by atoms with van der Waals surface area (Å²) >= 11 is 6.65. The fourth-order valence-corrected chi connectivity index (χ4v) is 0.962. The van der Waals surface area contributed by atoms with E-state index in [9.17, 15) is 0 Å². The molecule has 8 heavy (non-hydrogen) atoms. The van der Waals surface area contributed by atoms with Crippen molar-refractivity contribution in [1.29, 1.82) is 0 Å². The van der Waals surface area contributed by atoms with E-state index in [1.807, 2.05) is 24.3 Å². The van der Waals surface area contributed by atoms with E-state index in [0.29, 0.717) is 0 Å². The molecule has 0 amide bonds. The van der Waals surface area contributed by atoms with E-state index >= 15 is 0 Å². The average Bonchev–Trinajstić information content (AvgIpc) is 1.77. The number of hydrogen-bond donors (Lipinski definition) is 1. The molecule has 0 spiro atoms. The standard InChI is InChI=1S/C6H6SSe/c7-5-3-1-2-4-6(5)8/h1-4,7-8H. The van der Waals surface area contributed by atoms with Gasteiger partial charge in [-0.05, 0) is 0 Å². The molecular formula is C6H6SSe. The summed E-state index contributed by atoms with van der Waals surface area (Å²) in [6, 6.07) is 7.95. The summed E-state index contributed by atoms with van der Waals surface area (Å²) in [5.74, 6) is 0. The van der Waals surface area contributed by atoms with Crippen molar-refractivity contribution in [3.63, 3.8) is 0 Å². The van der Waals surface area contributed by atoms with Gasteiger partial charge in [0.1, 0.15) is 0 Å². The van der Waals surface area contributed by atoms with E-state index in [0.717, 1.165) is 4.90 Å². The van der Waals surface area contributed by atoms with Crippen molar-refractivity contribution >= 4 is 33.1 Å². The molecule has 0 radical (unpaired) electrons. The molecule has 0 unspecified atom stereocenters. The van der Waals surface area contributed by atoms with Crippen molar-refractivity contribution in [2.45, 2.75) is 4.90 Å². The second kappa shape index (κ2) is 2.58. The molecule has 0 nitrogen and oxygen atoms in total. The van der Waals surface area contributed by atoms with Gasteiger partial charge in [-0.1, -0.05) is 0 Å².